The molecule has 2 aliphatic rings. The number of carbonyl (C=O) groups excluding carboxylic acids is 3. The number of nitrogens with one attached hydrogen (secondary N) is 1. The maximum absolute atomic E-state index is 14.0. The lowest BCUT2D eigenvalue weighted by atomic mass is 9.75. The molecule has 0 radical (unpaired) electrons. The number of carbonyl (C=O) groups is 3. The van der Waals surface area contributed by atoms with Gasteiger partial charge >= 0.3 is 5.97 Å². The van der Waals surface area contributed by atoms with Gasteiger partial charge in [0.05, 0.1) is 12.0 Å². The Balaban J connectivity index is 1.57. The molecule has 0 bridgehead atoms. The number of nitrogens with zero attached hydrogens (tertiary/aromatic N) is 4. The van der Waals surface area contributed by atoms with E-state index >= 15 is 0 Å². The van der Waals surface area contributed by atoms with E-state index in [1.165, 1.54) is 30.9 Å². The average molecular weight is 590 g/mol. The predicted molar refractivity (Wildman–Crippen MR) is 162 cm³/mol. The normalized spacial score (nSPS) is 20.0. The van der Waals surface area contributed by atoms with Crippen molar-refractivity contribution in [3.8, 4) is 0 Å². The first kappa shape index (κ1) is 31.6. The Morgan fingerprint density at radius 2 is 1.72 bits per heavy atom. The second kappa shape index (κ2) is 13.7. The summed E-state index contributed by atoms with van der Waals surface area (Å²) in [6, 6.07) is 15.2. The van der Waals surface area contributed by atoms with Gasteiger partial charge < -0.3 is 15.0 Å². The quantitative estimate of drug-likeness (QED) is 0.268. The molecule has 1 N–H and O–H groups in total. The van der Waals surface area contributed by atoms with Crippen LogP contribution < -0.4 is 5.32 Å². The van der Waals surface area contributed by atoms with Crippen LogP contribution in [0.15, 0.2) is 70.9 Å². The molecule has 2 aliphatic heterocycles. The molecule has 11 heteroatoms. The average Bonchev–Trinajstić information content (AvgIpc) is 2.99. The van der Waals surface area contributed by atoms with Gasteiger partial charge in [-0.25, -0.2) is 0 Å². The highest BCUT2D eigenvalue weighted by molar-refractivity contribution is 6.08. The van der Waals surface area contributed by atoms with Crippen molar-refractivity contribution >= 4 is 29.2 Å². The van der Waals surface area contributed by atoms with Crippen LogP contribution in [0.4, 0.5) is 5.69 Å². The predicted octanol–water partition coefficient (Wildman–Crippen LogP) is 3.70. The highest BCUT2D eigenvalue weighted by Crippen LogP contribution is 2.40. The summed E-state index contributed by atoms with van der Waals surface area (Å²) in [7, 11) is 1.25. The van der Waals surface area contributed by atoms with Crippen LogP contribution in [0.1, 0.15) is 44.7 Å². The summed E-state index contributed by atoms with van der Waals surface area (Å²) in [5, 5.41) is 14.5. The van der Waals surface area contributed by atoms with Crippen molar-refractivity contribution in [2.75, 3.05) is 33.3 Å². The molecule has 43 heavy (non-hydrogen) atoms. The van der Waals surface area contributed by atoms with Gasteiger partial charge in [-0.1, -0.05) is 56.3 Å². The fraction of sp³-hybridized carbons (Fsp3) is 0.438. The SMILES string of the molecule is COC(=O)C1C(C)=NC(C)=C(C(=O)NC(C(=O)N2CCN(Cc3ccccc3)CC2)C(C)C)C1c1cccc([N+](=O)[O-])c1. The van der Waals surface area contributed by atoms with Crippen LogP contribution in [0.25, 0.3) is 0 Å². The molecule has 11 nitrogen and oxygen atoms in total. The van der Waals surface area contributed by atoms with Crippen LogP contribution in [-0.4, -0.2) is 77.5 Å². The molecule has 0 saturated carbocycles. The maximum Gasteiger partial charge on any atom is 0.315 e. The Morgan fingerprint density at radius 1 is 1.05 bits per heavy atom. The summed E-state index contributed by atoms with van der Waals surface area (Å²) in [6.45, 7) is 10.4. The van der Waals surface area contributed by atoms with Crippen LogP contribution in [0.2, 0.25) is 0 Å². The van der Waals surface area contributed by atoms with Gasteiger partial charge in [-0.2, -0.15) is 0 Å². The van der Waals surface area contributed by atoms with Crippen LogP contribution in [0.3, 0.4) is 0 Å². The molecule has 3 unspecified atom stereocenters. The number of amides is 2. The Bertz CT molecular complexity index is 1430. The van der Waals surface area contributed by atoms with Crippen LogP contribution >= 0.6 is 0 Å². The molecule has 3 atom stereocenters. The largest absolute Gasteiger partial charge is 0.468 e. The number of hydrogen-bond acceptors (Lipinski definition) is 8. The molecule has 0 spiro atoms. The molecular formula is C32H39N5O6. The zero-order valence-electron chi connectivity index (χ0n) is 25.3. The Hall–Kier alpha value is -4.38. The molecule has 2 aromatic carbocycles. The van der Waals surface area contributed by atoms with Gasteiger partial charge in [-0.15, -0.1) is 0 Å². The zero-order valence-corrected chi connectivity index (χ0v) is 25.3. The van der Waals surface area contributed by atoms with Crippen LogP contribution in [0, 0.1) is 22.0 Å². The van der Waals surface area contributed by atoms with E-state index in [-0.39, 0.29) is 23.1 Å². The molecule has 4 rings (SSSR count). The minimum absolute atomic E-state index is 0.166. The second-order valence-corrected chi connectivity index (χ2v) is 11.4. The number of piperazine rings is 1. The highest BCUT2D eigenvalue weighted by atomic mass is 16.6. The Kier molecular flexibility index (Phi) is 10.1. The van der Waals surface area contributed by atoms with E-state index in [0.29, 0.717) is 43.2 Å². The van der Waals surface area contributed by atoms with Crippen molar-refractivity contribution in [1.82, 2.24) is 15.1 Å². The third-order valence-electron chi connectivity index (χ3n) is 8.12. The fourth-order valence-electron chi connectivity index (χ4n) is 5.85. The topological polar surface area (TPSA) is 134 Å². The number of esters is 1. The molecule has 0 aromatic heterocycles. The summed E-state index contributed by atoms with van der Waals surface area (Å²) in [4.78, 5) is 60.4. The van der Waals surface area contributed by atoms with Crippen molar-refractivity contribution < 1.29 is 24.0 Å². The van der Waals surface area contributed by atoms with Gasteiger partial charge in [0.1, 0.15) is 12.0 Å². The summed E-state index contributed by atoms with van der Waals surface area (Å²) >= 11 is 0. The van der Waals surface area contributed by atoms with E-state index in [1.54, 1.807) is 24.8 Å². The first-order valence-electron chi connectivity index (χ1n) is 14.5. The molecule has 228 valence electrons. The van der Waals surface area contributed by atoms with Crippen molar-refractivity contribution in [3.63, 3.8) is 0 Å². The minimum atomic E-state index is -0.970. The van der Waals surface area contributed by atoms with E-state index in [4.69, 9.17) is 4.74 Å². The second-order valence-electron chi connectivity index (χ2n) is 11.4. The fourth-order valence-corrected chi connectivity index (χ4v) is 5.85. The standard InChI is InChI=1S/C32H39N5O6/c1-20(2)29(31(39)36-16-14-35(15-17-36)19-23-10-7-6-8-11-23)34-30(38)26-21(3)33-22(4)27(32(40)43-5)28(26)24-12-9-13-25(18-24)37(41)42/h6-13,18,20,27-29H,14-17,19H2,1-5H3,(H,34,38). The number of hydrogen-bond donors (Lipinski definition) is 1. The van der Waals surface area contributed by atoms with Gasteiger partial charge in [0.2, 0.25) is 11.8 Å². The number of nitro benzene ring substituents is 1. The first-order chi connectivity index (χ1) is 20.5. The van der Waals surface area contributed by atoms with E-state index in [1.807, 2.05) is 32.0 Å². The number of methoxy groups -OCH3 is 1. The smallest absolute Gasteiger partial charge is 0.315 e. The monoisotopic (exact) mass is 589 g/mol. The number of benzene rings is 2. The third kappa shape index (κ3) is 7.16. The number of ether oxygens (including phenoxy) is 1. The minimum Gasteiger partial charge on any atom is -0.468 e. The van der Waals surface area contributed by atoms with Crippen LogP contribution in [0.5, 0.6) is 0 Å². The lowest BCUT2D eigenvalue weighted by Crippen LogP contribution is -2.56. The summed E-state index contributed by atoms with van der Waals surface area (Å²) in [6.07, 6.45) is 0. The highest BCUT2D eigenvalue weighted by Gasteiger charge is 2.43. The third-order valence-corrected chi connectivity index (χ3v) is 8.12. The van der Waals surface area contributed by atoms with Gasteiger partial charge in [-0.3, -0.25) is 34.4 Å². The lowest BCUT2D eigenvalue weighted by molar-refractivity contribution is -0.384. The van der Waals surface area contributed by atoms with Crippen molar-refractivity contribution in [3.05, 3.63) is 87.1 Å². The molecule has 1 fully saturated rings. The number of rotatable bonds is 9. The van der Waals surface area contributed by atoms with Crippen molar-refractivity contribution in [1.29, 1.82) is 0 Å². The van der Waals surface area contributed by atoms with Gasteiger partial charge in [0.25, 0.3) is 5.69 Å². The number of nitro groups is 1. The molecule has 1 saturated heterocycles. The number of non-ortho nitro benzene ring substituents is 1. The lowest BCUT2D eigenvalue weighted by Gasteiger charge is -2.38. The van der Waals surface area contributed by atoms with Crippen molar-refractivity contribution in [2.24, 2.45) is 16.8 Å². The summed E-state index contributed by atoms with van der Waals surface area (Å²) in [5.41, 5.74) is 2.43. The van der Waals surface area contributed by atoms with Gasteiger partial charge in [-0.05, 0) is 30.9 Å². The Labute approximate surface area is 251 Å². The van der Waals surface area contributed by atoms with Crippen molar-refractivity contribution in [2.45, 2.75) is 46.2 Å². The molecule has 2 amide bonds. The van der Waals surface area contributed by atoms with Gasteiger partial charge in [0, 0.05) is 67.8 Å². The van der Waals surface area contributed by atoms with E-state index < -0.39 is 34.7 Å². The number of allylic oxidation sites excluding steroid dienone is 1. The maximum atomic E-state index is 14.0. The zero-order chi connectivity index (χ0) is 31.3. The van der Waals surface area contributed by atoms with Crippen LogP contribution in [-0.2, 0) is 25.7 Å². The Morgan fingerprint density at radius 3 is 2.33 bits per heavy atom. The number of aliphatic imine (C=N–C) groups is 1. The van der Waals surface area contributed by atoms with E-state index in [9.17, 15) is 24.5 Å². The van der Waals surface area contributed by atoms with E-state index in [2.05, 4.69) is 27.3 Å². The summed E-state index contributed by atoms with van der Waals surface area (Å²) in [5.74, 6) is -3.42. The molecule has 2 heterocycles. The molecule has 2 aromatic rings. The van der Waals surface area contributed by atoms with E-state index in [0.717, 1.165) is 6.54 Å². The summed E-state index contributed by atoms with van der Waals surface area (Å²) < 4.78 is 5.06. The molecular weight excluding hydrogens is 550 g/mol. The van der Waals surface area contributed by atoms with Gasteiger partial charge in [0.15, 0.2) is 0 Å². The molecule has 0 aliphatic carbocycles. The first-order valence-corrected chi connectivity index (χ1v) is 14.5.